The highest BCUT2D eigenvalue weighted by Crippen LogP contribution is 2.35. The van der Waals surface area contributed by atoms with Crippen LogP contribution in [0.3, 0.4) is 0 Å². The van der Waals surface area contributed by atoms with Gasteiger partial charge in [-0.15, -0.1) is 0 Å². The molecule has 0 radical (unpaired) electrons. The molecule has 0 bridgehead atoms. The van der Waals surface area contributed by atoms with Gasteiger partial charge in [0.15, 0.2) is 17.5 Å². The minimum Gasteiger partial charge on any atom is -0.481 e. The lowest BCUT2D eigenvalue weighted by molar-refractivity contribution is -0.137. The van der Waals surface area contributed by atoms with Crippen LogP contribution in [0.25, 0.3) is 0 Å². The molecule has 0 aromatic heterocycles. The largest absolute Gasteiger partial charge is 0.481 e. The number of carboxylic acid groups (broad SMARTS) is 1. The first-order valence-corrected chi connectivity index (χ1v) is 5.43. The number of rotatable bonds is 3. The molecule has 0 fully saturated rings. The number of carboxylic acids is 1. The van der Waals surface area contributed by atoms with E-state index in [0.717, 1.165) is 0 Å². The lowest BCUT2D eigenvalue weighted by Gasteiger charge is -2.14. The van der Waals surface area contributed by atoms with Crippen LogP contribution in [0.5, 0.6) is 0 Å². The minimum absolute atomic E-state index is 0.688. The van der Waals surface area contributed by atoms with Gasteiger partial charge in [0.25, 0.3) is 0 Å². The molecule has 3 nitrogen and oxygen atoms in total. The maximum Gasteiger partial charge on any atom is 0.305 e. The molecule has 94 valence electrons. The fourth-order valence-corrected chi connectivity index (χ4v) is 2.04. The summed E-state index contributed by atoms with van der Waals surface area (Å²) >= 11 is 7.95. The first-order valence-electron chi connectivity index (χ1n) is 4.26. The van der Waals surface area contributed by atoms with Crippen LogP contribution in [-0.4, -0.2) is 11.1 Å². The van der Waals surface area contributed by atoms with Gasteiger partial charge in [-0.1, -0.05) is 11.6 Å². The smallest absolute Gasteiger partial charge is 0.305 e. The molecule has 0 aliphatic rings. The van der Waals surface area contributed by atoms with Gasteiger partial charge in [0.2, 0.25) is 0 Å². The van der Waals surface area contributed by atoms with Gasteiger partial charge in [-0.05, 0) is 15.9 Å². The summed E-state index contributed by atoms with van der Waals surface area (Å²) in [4.78, 5) is 10.4. The van der Waals surface area contributed by atoms with E-state index >= 15 is 0 Å². The van der Waals surface area contributed by atoms with Crippen LogP contribution in [0, 0.1) is 17.5 Å². The molecule has 0 aliphatic heterocycles. The Kier molecular flexibility index (Phi) is 4.40. The quantitative estimate of drug-likeness (QED) is 0.661. The van der Waals surface area contributed by atoms with Gasteiger partial charge in [-0.2, -0.15) is 0 Å². The molecule has 0 spiro atoms. The lowest BCUT2D eigenvalue weighted by Crippen LogP contribution is -2.18. The third kappa shape index (κ3) is 2.72. The zero-order chi connectivity index (χ0) is 13.3. The molecular formula is C9H6BrClF3NO2. The highest BCUT2D eigenvalue weighted by Gasteiger charge is 2.27. The van der Waals surface area contributed by atoms with Crippen LogP contribution in [0.4, 0.5) is 13.2 Å². The van der Waals surface area contributed by atoms with Gasteiger partial charge >= 0.3 is 5.97 Å². The van der Waals surface area contributed by atoms with Crippen LogP contribution in [-0.2, 0) is 4.79 Å². The molecule has 3 N–H and O–H groups in total. The zero-order valence-electron chi connectivity index (χ0n) is 8.11. The van der Waals surface area contributed by atoms with Gasteiger partial charge in [0, 0.05) is 11.6 Å². The zero-order valence-corrected chi connectivity index (χ0v) is 10.4. The molecule has 17 heavy (non-hydrogen) atoms. The molecule has 1 unspecified atom stereocenters. The van der Waals surface area contributed by atoms with Crippen LogP contribution in [0.15, 0.2) is 4.47 Å². The molecule has 8 heteroatoms. The van der Waals surface area contributed by atoms with Crippen LogP contribution in [0.1, 0.15) is 18.0 Å². The number of hydrogen-bond donors (Lipinski definition) is 2. The van der Waals surface area contributed by atoms with Crippen molar-refractivity contribution in [1.82, 2.24) is 0 Å². The minimum atomic E-state index is -1.50. The van der Waals surface area contributed by atoms with E-state index in [1.165, 1.54) is 0 Å². The highest BCUT2D eigenvalue weighted by molar-refractivity contribution is 9.10. The normalized spacial score (nSPS) is 12.6. The molecule has 0 amide bonds. The topological polar surface area (TPSA) is 63.3 Å². The van der Waals surface area contributed by atoms with Crippen molar-refractivity contribution in [1.29, 1.82) is 0 Å². The Morgan fingerprint density at radius 2 is 1.88 bits per heavy atom. The van der Waals surface area contributed by atoms with E-state index in [4.69, 9.17) is 22.4 Å². The second kappa shape index (κ2) is 5.24. The maximum absolute atomic E-state index is 13.5. The first kappa shape index (κ1) is 14.3. The summed E-state index contributed by atoms with van der Waals surface area (Å²) in [7, 11) is 0. The van der Waals surface area contributed by atoms with E-state index in [1.807, 2.05) is 0 Å². The van der Waals surface area contributed by atoms with E-state index in [1.54, 1.807) is 0 Å². The monoisotopic (exact) mass is 331 g/mol. The molecule has 0 aliphatic carbocycles. The van der Waals surface area contributed by atoms with E-state index in [0.29, 0.717) is 0 Å². The van der Waals surface area contributed by atoms with Crippen LogP contribution in [0.2, 0.25) is 5.02 Å². The van der Waals surface area contributed by atoms with Crippen molar-refractivity contribution >= 4 is 33.5 Å². The molecule has 1 aromatic rings. The summed E-state index contributed by atoms with van der Waals surface area (Å²) in [5.41, 5.74) is 4.64. The van der Waals surface area contributed by atoms with Crippen LogP contribution < -0.4 is 5.73 Å². The predicted molar refractivity (Wildman–Crippen MR) is 58.2 cm³/mol. The Labute approximate surface area is 107 Å². The standard InChI is InChI=1S/C9H6BrClF3NO2/c10-5-8(13)6(11)4(7(12)9(5)14)2(15)1-3(16)17/h2H,1,15H2,(H,16,17). The fraction of sp³-hybridized carbons (Fsp3) is 0.222. The summed E-state index contributed by atoms with van der Waals surface area (Å²) in [5, 5.41) is 7.75. The maximum atomic E-state index is 13.5. The molecular weight excluding hydrogens is 326 g/mol. The number of benzene rings is 1. The lowest BCUT2D eigenvalue weighted by atomic mass is 10.0. The van der Waals surface area contributed by atoms with E-state index < -0.39 is 50.9 Å². The van der Waals surface area contributed by atoms with Crippen molar-refractivity contribution in [3.63, 3.8) is 0 Å². The summed E-state index contributed by atoms with van der Waals surface area (Å²) in [6.07, 6.45) is -0.697. The number of carbonyl (C=O) groups is 1. The Hall–Kier alpha value is -0.790. The molecule has 0 heterocycles. The summed E-state index contributed by atoms with van der Waals surface area (Å²) in [6, 6.07) is -1.43. The average molecular weight is 333 g/mol. The van der Waals surface area contributed by atoms with Crippen molar-refractivity contribution in [2.24, 2.45) is 5.73 Å². The Morgan fingerprint density at radius 3 is 2.35 bits per heavy atom. The number of nitrogens with two attached hydrogens (primary N) is 1. The third-order valence-electron chi connectivity index (χ3n) is 2.01. The van der Waals surface area contributed by atoms with Gasteiger partial charge in [-0.3, -0.25) is 4.79 Å². The van der Waals surface area contributed by atoms with Crippen molar-refractivity contribution in [2.75, 3.05) is 0 Å². The summed E-state index contributed by atoms with van der Waals surface area (Å²) in [5.74, 6) is -5.52. The van der Waals surface area contributed by atoms with Crippen molar-refractivity contribution < 1.29 is 23.1 Å². The van der Waals surface area contributed by atoms with Gasteiger partial charge < -0.3 is 10.8 Å². The molecule has 1 rings (SSSR count). The van der Waals surface area contributed by atoms with Gasteiger partial charge in [0.05, 0.1) is 15.9 Å². The highest BCUT2D eigenvalue weighted by atomic mass is 79.9. The molecule has 1 atom stereocenters. The van der Waals surface area contributed by atoms with E-state index in [2.05, 4.69) is 15.9 Å². The van der Waals surface area contributed by atoms with E-state index in [9.17, 15) is 18.0 Å². The second-order valence-electron chi connectivity index (χ2n) is 3.19. The predicted octanol–water partition coefficient (Wildman–Crippen LogP) is 2.99. The van der Waals surface area contributed by atoms with Crippen molar-refractivity contribution in [3.05, 3.63) is 32.5 Å². The molecule has 0 saturated carbocycles. The molecule has 0 saturated heterocycles. The van der Waals surface area contributed by atoms with Crippen molar-refractivity contribution in [2.45, 2.75) is 12.5 Å². The first-order chi connectivity index (χ1) is 7.77. The Bertz CT molecular complexity index is 455. The SMILES string of the molecule is NC(CC(=O)O)c1c(F)c(F)c(Br)c(F)c1Cl. The van der Waals surface area contributed by atoms with Gasteiger partial charge in [0.1, 0.15) is 0 Å². The summed E-state index contributed by atoms with van der Waals surface area (Å²) in [6.45, 7) is 0. The molecule has 1 aromatic carbocycles. The van der Waals surface area contributed by atoms with Crippen LogP contribution >= 0.6 is 27.5 Å². The Morgan fingerprint density at radius 1 is 1.35 bits per heavy atom. The van der Waals surface area contributed by atoms with Crippen molar-refractivity contribution in [3.8, 4) is 0 Å². The summed E-state index contributed by atoms with van der Waals surface area (Å²) < 4.78 is 39.3. The second-order valence-corrected chi connectivity index (χ2v) is 4.36. The van der Waals surface area contributed by atoms with E-state index in [-0.39, 0.29) is 0 Å². The average Bonchev–Trinajstić information content (AvgIpc) is 2.23. The number of halogens is 5. The number of aliphatic carboxylic acids is 1. The fourth-order valence-electron chi connectivity index (χ4n) is 1.24. The number of hydrogen-bond acceptors (Lipinski definition) is 2. The third-order valence-corrected chi connectivity index (χ3v) is 3.07. The Balaban J connectivity index is 3.38. The van der Waals surface area contributed by atoms with Gasteiger partial charge in [-0.25, -0.2) is 13.2 Å².